The Balaban J connectivity index is 2.23. The lowest BCUT2D eigenvalue weighted by Crippen LogP contribution is -2.29. The fraction of sp³-hybridized carbons (Fsp3) is 0.316. The van der Waals surface area contributed by atoms with E-state index < -0.39 is 17.8 Å². The molecule has 0 unspecified atom stereocenters. The number of amides is 1. The minimum Gasteiger partial charge on any atom is -0.493 e. The number of carbonyl (C=O) groups is 1. The average molecular weight is 424 g/mol. The Morgan fingerprint density at radius 2 is 1.90 bits per heavy atom. The maximum atomic E-state index is 13.7. The van der Waals surface area contributed by atoms with Crippen LogP contribution < -0.4 is 9.47 Å². The first-order valence-corrected chi connectivity index (χ1v) is 8.76. The second kappa shape index (κ2) is 8.19. The van der Waals surface area contributed by atoms with Crippen molar-refractivity contribution < 1.29 is 32.5 Å². The molecular formula is C19H19F3N4O4. The van der Waals surface area contributed by atoms with Crippen molar-refractivity contribution in [1.82, 2.24) is 19.5 Å². The zero-order valence-corrected chi connectivity index (χ0v) is 16.4. The van der Waals surface area contributed by atoms with Crippen molar-refractivity contribution in [2.75, 3.05) is 34.4 Å². The van der Waals surface area contributed by atoms with Gasteiger partial charge in [0.15, 0.2) is 22.8 Å². The molecule has 0 fully saturated rings. The lowest BCUT2D eigenvalue weighted by molar-refractivity contribution is -0.142. The van der Waals surface area contributed by atoms with Crippen LogP contribution in [-0.2, 0) is 6.18 Å². The van der Waals surface area contributed by atoms with E-state index in [-0.39, 0.29) is 30.1 Å². The second-order valence-corrected chi connectivity index (χ2v) is 6.34. The Labute approximate surface area is 169 Å². The van der Waals surface area contributed by atoms with Crippen LogP contribution in [0.3, 0.4) is 0 Å². The molecule has 2 aromatic heterocycles. The van der Waals surface area contributed by atoms with E-state index in [1.165, 1.54) is 38.3 Å². The topological polar surface area (TPSA) is 89.2 Å². The Bertz CT molecular complexity index is 1080. The van der Waals surface area contributed by atoms with Crippen molar-refractivity contribution in [3.63, 3.8) is 0 Å². The van der Waals surface area contributed by atoms with Crippen LogP contribution in [0, 0.1) is 0 Å². The smallest absolute Gasteiger partial charge is 0.433 e. The van der Waals surface area contributed by atoms with Crippen molar-refractivity contribution in [2.45, 2.75) is 6.18 Å². The van der Waals surface area contributed by atoms with Gasteiger partial charge in [-0.05, 0) is 24.3 Å². The van der Waals surface area contributed by atoms with Gasteiger partial charge in [0, 0.05) is 19.2 Å². The first-order valence-electron chi connectivity index (χ1n) is 8.76. The molecule has 8 nitrogen and oxygen atoms in total. The predicted molar refractivity (Wildman–Crippen MR) is 101 cm³/mol. The summed E-state index contributed by atoms with van der Waals surface area (Å²) in [6.07, 6.45) is -3.71. The summed E-state index contributed by atoms with van der Waals surface area (Å²) in [7, 11) is 4.27. The van der Waals surface area contributed by atoms with Gasteiger partial charge in [-0.3, -0.25) is 4.79 Å². The quantitative estimate of drug-likeness (QED) is 0.654. The van der Waals surface area contributed by atoms with Crippen molar-refractivity contribution in [1.29, 1.82) is 0 Å². The number of halogens is 3. The third-order valence-corrected chi connectivity index (χ3v) is 4.45. The van der Waals surface area contributed by atoms with E-state index in [0.29, 0.717) is 21.6 Å². The molecule has 0 saturated carbocycles. The fourth-order valence-corrected chi connectivity index (χ4v) is 2.92. The van der Waals surface area contributed by atoms with Crippen molar-refractivity contribution >= 4 is 11.6 Å². The van der Waals surface area contributed by atoms with Crippen LogP contribution in [0.15, 0.2) is 30.5 Å². The van der Waals surface area contributed by atoms with Gasteiger partial charge < -0.3 is 19.5 Å². The molecule has 0 aliphatic carbocycles. The highest BCUT2D eigenvalue weighted by Gasteiger charge is 2.36. The van der Waals surface area contributed by atoms with Crippen LogP contribution >= 0.6 is 0 Å². The lowest BCUT2D eigenvalue weighted by Gasteiger charge is -2.15. The number of aliphatic hydroxyl groups excluding tert-OH is 1. The molecule has 30 heavy (non-hydrogen) atoms. The molecule has 1 aromatic carbocycles. The summed E-state index contributed by atoms with van der Waals surface area (Å²) in [6.45, 7) is -0.281. The summed E-state index contributed by atoms with van der Waals surface area (Å²) in [6, 6.07) is 5.43. The minimum atomic E-state index is -4.74. The van der Waals surface area contributed by atoms with Gasteiger partial charge in [-0.2, -0.15) is 18.3 Å². The van der Waals surface area contributed by atoms with Crippen LogP contribution in [0.2, 0.25) is 0 Å². The molecule has 2 heterocycles. The summed E-state index contributed by atoms with van der Waals surface area (Å²) in [4.78, 5) is 18.0. The molecule has 0 aliphatic heterocycles. The van der Waals surface area contributed by atoms with E-state index in [1.54, 1.807) is 6.07 Å². The summed E-state index contributed by atoms with van der Waals surface area (Å²) < 4.78 is 52.1. The van der Waals surface area contributed by atoms with Gasteiger partial charge in [-0.1, -0.05) is 0 Å². The highest BCUT2D eigenvalue weighted by atomic mass is 19.4. The highest BCUT2D eigenvalue weighted by molar-refractivity contribution is 5.99. The monoisotopic (exact) mass is 424 g/mol. The molecule has 11 heteroatoms. The van der Waals surface area contributed by atoms with Crippen molar-refractivity contribution in [3.05, 3.63) is 41.7 Å². The van der Waals surface area contributed by atoms with Gasteiger partial charge in [0.2, 0.25) is 0 Å². The third-order valence-electron chi connectivity index (χ3n) is 4.45. The number of aromatic nitrogens is 3. The number of aliphatic hydroxyl groups is 1. The summed E-state index contributed by atoms with van der Waals surface area (Å²) in [5.74, 6) is 0.117. The van der Waals surface area contributed by atoms with Gasteiger partial charge in [-0.25, -0.2) is 9.50 Å². The maximum absolute atomic E-state index is 13.7. The molecule has 3 aromatic rings. The van der Waals surface area contributed by atoms with E-state index in [4.69, 9.17) is 14.6 Å². The first kappa shape index (κ1) is 21.4. The number of hydrogen-bond donors (Lipinski definition) is 1. The number of fused-ring (bicyclic) bond motifs is 1. The highest BCUT2D eigenvalue weighted by Crippen LogP contribution is 2.35. The third kappa shape index (κ3) is 3.88. The molecule has 0 atom stereocenters. The Morgan fingerprint density at radius 1 is 1.20 bits per heavy atom. The number of ether oxygens (including phenoxy) is 2. The number of nitrogens with zero attached hydrogens (tertiary/aromatic N) is 4. The number of rotatable bonds is 6. The number of methoxy groups -OCH3 is 2. The second-order valence-electron chi connectivity index (χ2n) is 6.34. The number of likely N-dealkylation sites (N-methyl/N-ethyl adjacent to an activating group) is 1. The standard InChI is InChI=1S/C19H19F3N4O4/c1-25(6-7-27)18(28)12-10-23-26-16(19(20,21)22)9-13(24-17(12)26)11-4-5-14(29-2)15(8-11)30-3/h4-5,8-10,27H,6-7H2,1-3H3. The molecule has 3 rings (SSSR count). The molecular weight excluding hydrogens is 405 g/mol. The van der Waals surface area contributed by atoms with Crippen LogP contribution in [0.25, 0.3) is 16.9 Å². The fourth-order valence-electron chi connectivity index (χ4n) is 2.92. The summed E-state index contributed by atoms with van der Waals surface area (Å²) in [5, 5.41) is 12.8. The molecule has 0 bridgehead atoms. The SMILES string of the molecule is COc1ccc(-c2cc(C(F)(F)F)n3ncc(C(=O)N(C)CCO)c3n2)cc1OC. The maximum Gasteiger partial charge on any atom is 0.433 e. The summed E-state index contributed by atoms with van der Waals surface area (Å²) in [5.41, 5.74) is -1.12. The minimum absolute atomic E-state index is 0.0116. The molecule has 0 radical (unpaired) electrons. The number of carbonyl (C=O) groups excluding carboxylic acids is 1. The van der Waals surface area contributed by atoms with E-state index >= 15 is 0 Å². The summed E-state index contributed by atoms with van der Waals surface area (Å²) >= 11 is 0. The van der Waals surface area contributed by atoms with Gasteiger partial charge >= 0.3 is 6.18 Å². The number of alkyl halides is 3. The van der Waals surface area contributed by atoms with Crippen LogP contribution in [0.5, 0.6) is 11.5 Å². The van der Waals surface area contributed by atoms with E-state index in [1.807, 2.05) is 0 Å². The zero-order valence-electron chi connectivity index (χ0n) is 16.4. The van der Waals surface area contributed by atoms with Gasteiger partial charge in [-0.15, -0.1) is 0 Å². The average Bonchev–Trinajstić information content (AvgIpc) is 3.15. The van der Waals surface area contributed by atoms with Crippen LogP contribution in [0.4, 0.5) is 13.2 Å². The molecule has 1 amide bonds. The predicted octanol–water partition coefficient (Wildman–Crippen LogP) is 2.50. The Morgan fingerprint density at radius 3 is 2.50 bits per heavy atom. The van der Waals surface area contributed by atoms with Crippen molar-refractivity contribution in [3.8, 4) is 22.8 Å². The van der Waals surface area contributed by atoms with E-state index in [0.717, 1.165) is 12.3 Å². The molecule has 160 valence electrons. The molecule has 0 saturated heterocycles. The van der Waals surface area contributed by atoms with Crippen LogP contribution in [0.1, 0.15) is 16.1 Å². The van der Waals surface area contributed by atoms with Gasteiger partial charge in [0.1, 0.15) is 5.56 Å². The number of benzene rings is 1. The zero-order chi connectivity index (χ0) is 22.1. The molecule has 0 spiro atoms. The van der Waals surface area contributed by atoms with E-state index in [2.05, 4.69) is 10.1 Å². The normalized spacial score (nSPS) is 11.6. The van der Waals surface area contributed by atoms with Gasteiger partial charge in [0.25, 0.3) is 5.91 Å². The lowest BCUT2D eigenvalue weighted by atomic mass is 10.1. The first-order chi connectivity index (χ1) is 14.2. The molecule has 0 aliphatic rings. The van der Waals surface area contributed by atoms with E-state index in [9.17, 15) is 18.0 Å². The Kier molecular flexibility index (Phi) is 5.83. The largest absolute Gasteiger partial charge is 0.493 e. The number of hydrogen-bond acceptors (Lipinski definition) is 6. The van der Waals surface area contributed by atoms with Crippen LogP contribution in [-0.4, -0.2) is 64.9 Å². The van der Waals surface area contributed by atoms with Gasteiger partial charge in [0.05, 0.1) is 32.7 Å². The Hall–Kier alpha value is -3.34. The molecule has 1 N–H and O–H groups in total. The van der Waals surface area contributed by atoms with Crippen molar-refractivity contribution in [2.24, 2.45) is 0 Å².